The largest absolute Gasteiger partial charge is 0.497 e. The third-order valence-electron chi connectivity index (χ3n) is 6.76. The molecule has 0 amide bonds. The van der Waals surface area contributed by atoms with Gasteiger partial charge in [-0.1, -0.05) is 11.6 Å². The molecule has 1 fully saturated rings. The van der Waals surface area contributed by atoms with Crippen LogP contribution < -0.4 is 19.5 Å². The number of aryl methyl sites for hydroxylation is 1. The molecule has 5 rings (SSSR count). The highest BCUT2D eigenvalue weighted by atomic mass is 35.5. The topological polar surface area (TPSA) is 81.6 Å². The van der Waals surface area contributed by atoms with Gasteiger partial charge in [0, 0.05) is 36.5 Å². The average molecular weight is 598 g/mol. The lowest BCUT2D eigenvalue weighted by atomic mass is 10.1. The van der Waals surface area contributed by atoms with Crippen molar-refractivity contribution in [1.29, 1.82) is 0 Å². The van der Waals surface area contributed by atoms with E-state index in [0.717, 1.165) is 46.5 Å². The number of hydrogen-bond donors (Lipinski definition) is 1. The fourth-order valence-corrected chi connectivity index (χ4v) is 6.00. The summed E-state index contributed by atoms with van der Waals surface area (Å²) in [7, 11) is 3.21. The Hall–Kier alpha value is -3.47. The van der Waals surface area contributed by atoms with E-state index in [1.54, 1.807) is 32.5 Å². The van der Waals surface area contributed by atoms with Gasteiger partial charge in [-0.15, -0.1) is 11.3 Å². The summed E-state index contributed by atoms with van der Waals surface area (Å²) in [6, 6.07) is 13.0. The molecule has 41 heavy (non-hydrogen) atoms. The molecule has 1 saturated heterocycles. The van der Waals surface area contributed by atoms with Crippen molar-refractivity contribution < 1.29 is 18.6 Å². The zero-order valence-corrected chi connectivity index (χ0v) is 24.7. The number of halogens is 2. The van der Waals surface area contributed by atoms with Crippen LogP contribution in [0.1, 0.15) is 24.3 Å². The van der Waals surface area contributed by atoms with Crippen molar-refractivity contribution in [3.8, 4) is 39.1 Å². The monoisotopic (exact) mass is 597 g/mol. The summed E-state index contributed by atoms with van der Waals surface area (Å²) >= 11 is 8.02. The highest BCUT2D eigenvalue weighted by Gasteiger charge is 2.19. The minimum Gasteiger partial charge on any atom is -0.497 e. The second-order valence-electron chi connectivity index (χ2n) is 9.61. The lowest BCUT2D eigenvalue weighted by Gasteiger charge is -2.16. The standard InChI is InChI=1S/C30H33ClFN5O3S/c1-38-22-16-20(17-23(19-22)39-2)28-29(41-27(36-28)6-5-10-32)25-9-11-33-30(35-25)34-21-7-8-26(24(31)18-21)40-15-14-37-12-3-4-13-37/h7-9,11,16-19H,3-6,10,12-15H2,1-2H3,(H,33,34,35). The molecule has 8 nitrogen and oxygen atoms in total. The van der Waals surface area contributed by atoms with E-state index in [4.69, 9.17) is 35.8 Å². The molecule has 2 aromatic carbocycles. The number of ether oxygens (including phenoxy) is 3. The van der Waals surface area contributed by atoms with Crippen LogP contribution in [0, 0.1) is 0 Å². The van der Waals surface area contributed by atoms with E-state index in [2.05, 4.69) is 15.2 Å². The number of alkyl halides is 1. The molecule has 216 valence electrons. The minimum atomic E-state index is -0.399. The molecule has 0 radical (unpaired) electrons. The van der Waals surface area contributed by atoms with Gasteiger partial charge >= 0.3 is 0 Å². The van der Waals surface area contributed by atoms with Gasteiger partial charge in [-0.2, -0.15) is 0 Å². The lowest BCUT2D eigenvalue weighted by molar-refractivity contribution is 0.238. The van der Waals surface area contributed by atoms with Crippen molar-refractivity contribution in [2.24, 2.45) is 0 Å². The molecule has 0 spiro atoms. The van der Waals surface area contributed by atoms with Gasteiger partial charge in [0.1, 0.15) is 23.9 Å². The minimum absolute atomic E-state index is 0.399. The van der Waals surface area contributed by atoms with Crippen LogP contribution in [0.15, 0.2) is 48.7 Å². The first-order chi connectivity index (χ1) is 20.1. The molecule has 4 aromatic rings. The molecule has 0 bridgehead atoms. The predicted octanol–water partition coefficient (Wildman–Crippen LogP) is 7.06. The van der Waals surface area contributed by atoms with Crippen LogP contribution >= 0.6 is 22.9 Å². The summed E-state index contributed by atoms with van der Waals surface area (Å²) in [6.07, 6.45) is 5.15. The summed E-state index contributed by atoms with van der Waals surface area (Å²) in [6.45, 7) is 3.36. The average Bonchev–Trinajstić information content (AvgIpc) is 3.67. The second-order valence-corrected chi connectivity index (χ2v) is 11.1. The van der Waals surface area contributed by atoms with Gasteiger partial charge in [-0.25, -0.2) is 15.0 Å². The van der Waals surface area contributed by atoms with Crippen molar-refractivity contribution in [1.82, 2.24) is 19.9 Å². The van der Waals surface area contributed by atoms with Crippen LogP contribution in [0.5, 0.6) is 17.2 Å². The van der Waals surface area contributed by atoms with Crippen LogP contribution in [-0.2, 0) is 6.42 Å². The Labute approximate surface area is 248 Å². The van der Waals surface area contributed by atoms with Crippen LogP contribution in [0.4, 0.5) is 16.0 Å². The number of nitrogens with one attached hydrogen (secondary N) is 1. The normalized spacial score (nSPS) is 13.4. The van der Waals surface area contributed by atoms with E-state index in [9.17, 15) is 4.39 Å². The first-order valence-corrected chi connectivity index (χ1v) is 14.8. The van der Waals surface area contributed by atoms with Crippen LogP contribution in [0.3, 0.4) is 0 Å². The van der Waals surface area contributed by atoms with E-state index < -0.39 is 6.67 Å². The molecule has 1 aliphatic rings. The molecule has 0 unspecified atom stereocenters. The fourth-order valence-electron chi connectivity index (χ4n) is 4.66. The van der Waals surface area contributed by atoms with E-state index in [1.165, 1.54) is 24.2 Å². The summed E-state index contributed by atoms with van der Waals surface area (Å²) in [4.78, 5) is 17.3. The Morgan fingerprint density at radius 1 is 1.02 bits per heavy atom. The van der Waals surface area contributed by atoms with Gasteiger partial charge in [0.2, 0.25) is 5.95 Å². The van der Waals surface area contributed by atoms with Crippen LogP contribution in [-0.4, -0.2) is 67.0 Å². The van der Waals surface area contributed by atoms with Gasteiger partial charge in [-0.3, -0.25) is 9.29 Å². The SMILES string of the molecule is COc1cc(OC)cc(-c2nc(CCCF)sc2-c2ccnc(Nc3ccc(OCCN4CCCC4)c(Cl)c3)n2)c1. The number of nitrogens with zero attached hydrogens (tertiary/aromatic N) is 4. The summed E-state index contributed by atoms with van der Waals surface area (Å²) in [5.41, 5.74) is 2.98. The van der Waals surface area contributed by atoms with Crippen LogP contribution in [0.25, 0.3) is 21.8 Å². The highest BCUT2D eigenvalue weighted by molar-refractivity contribution is 7.15. The molecule has 0 atom stereocenters. The Morgan fingerprint density at radius 2 is 1.80 bits per heavy atom. The van der Waals surface area contributed by atoms with Gasteiger partial charge in [0.15, 0.2) is 0 Å². The number of likely N-dealkylation sites (tertiary alicyclic amines) is 1. The smallest absolute Gasteiger partial charge is 0.227 e. The van der Waals surface area contributed by atoms with Gasteiger partial charge in [0.25, 0.3) is 0 Å². The molecule has 2 aromatic heterocycles. The number of hydrogen-bond acceptors (Lipinski definition) is 9. The maximum atomic E-state index is 13.0. The number of anilines is 2. The zero-order valence-electron chi connectivity index (χ0n) is 23.2. The molecule has 11 heteroatoms. The number of benzene rings is 2. The maximum absolute atomic E-state index is 13.0. The Balaban J connectivity index is 1.37. The van der Waals surface area contributed by atoms with Crippen molar-refractivity contribution in [3.05, 3.63) is 58.7 Å². The first kappa shape index (κ1) is 29.0. The van der Waals surface area contributed by atoms with E-state index >= 15 is 0 Å². The Bertz CT molecular complexity index is 1440. The Kier molecular flexibility index (Phi) is 9.87. The molecule has 1 aliphatic heterocycles. The maximum Gasteiger partial charge on any atom is 0.227 e. The third kappa shape index (κ3) is 7.44. The van der Waals surface area contributed by atoms with E-state index in [0.29, 0.717) is 53.4 Å². The van der Waals surface area contributed by atoms with Crippen molar-refractivity contribution in [2.45, 2.75) is 25.7 Å². The summed E-state index contributed by atoms with van der Waals surface area (Å²) < 4.78 is 29.8. The second kappa shape index (κ2) is 13.9. The molecule has 0 aliphatic carbocycles. The lowest BCUT2D eigenvalue weighted by Crippen LogP contribution is -2.25. The molecule has 3 heterocycles. The van der Waals surface area contributed by atoms with Crippen molar-refractivity contribution >= 4 is 34.6 Å². The molecule has 1 N–H and O–H groups in total. The molecular weight excluding hydrogens is 565 g/mol. The summed E-state index contributed by atoms with van der Waals surface area (Å²) in [5, 5.41) is 4.59. The number of methoxy groups -OCH3 is 2. The molecule has 0 saturated carbocycles. The van der Waals surface area contributed by atoms with Crippen molar-refractivity contribution in [2.75, 3.05) is 52.5 Å². The van der Waals surface area contributed by atoms with Crippen LogP contribution in [0.2, 0.25) is 5.02 Å². The van der Waals surface area contributed by atoms with E-state index in [-0.39, 0.29) is 0 Å². The number of rotatable bonds is 13. The van der Waals surface area contributed by atoms with Gasteiger partial charge in [0.05, 0.1) is 47.2 Å². The van der Waals surface area contributed by atoms with Crippen molar-refractivity contribution in [3.63, 3.8) is 0 Å². The third-order valence-corrected chi connectivity index (χ3v) is 8.19. The van der Waals surface area contributed by atoms with E-state index in [1.807, 2.05) is 30.3 Å². The highest BCUT2D eigenvalue weighted by Crippen LogP contribution is 2.39. The summed E-state index contributed by atoms with van der Waals surface area (Å²) in [5.74, 6) is 2.35. The quantitative estimate of drug-likeness (QED) is 0.175. The van der Waals surface area contributed by atoms with Gasteiger partial charge < -0.3 is 19.5 Å². The number of thiazole rings is 1. The predicted molar refractivity (Wildman–Crippen MR) is 162 cm³/mol. The number of aromatic nitrogens is 3. The van der Waals surface area contributed by atoms with Gasteiger partial charge in [-0.05, 0) is 68.8 Å². The zero-order chi connectivity index (χ0) is 28.6. The fraction of sp³-hybridized carbons (Fsp3) is 0.367. The first-order valence-electron chi connectivity index (χ1n) is 13.6. The molecular formula is C30H33ClFN5O3S. The Morgan fingerprint density at radius 3 is 2.51 bits per heavy atom.